The van der Waals surface area contributed by atoms with Gasteiger partial charge in [-0.3, -0.25) is 20.1 Å². The zero-order chi connectivity index (χ0) is 27.2. The molecule has 0 unspecified atom stereocenters. The van der Waals surface area contributed by atoms with Crippen LogP contribution in [0.2, 0.25) is 0 Å². The minimum atomic E-state index is -0.371. The van der Waals surface area contributed by atoms with Crippen LogP contribution in [0.15, 0.2) is 65.2 Å². The summed E-state index contributed by atoms with van der Waals surface area (Å²) in [5.41, 5.74) is 4.29. The Morgan fingerprint density at radius 1 is 0.949 bits per heavy atom. The Morgan fingerprint density at radius 3 is 2.36 bits per heavy atom. The second kappa shape index (κ2) is 11.9. The largest absolute Gasteiger partial charge is 0.360 e. The van der Waals surface area contributed by atoms with Crippen LogP contribution in [0.25, 0.3) is 11.3 Å². The summed E-state index contributed by atoms with van der Waals surface area (Å²) in [6.45, 7) is 7.27. The van der Waals surface area contributed by atoms with Gasteiger partial charge in [-0.1, -0.05) is 41.6 Å². The number of benzene rings is 2. The fourth-order valence-corrected chi connectivity index (χ4v) is 4.32. The predicted octanol–water partition coefficient (Wildman–Crippen LogP) is 3.69. The molecule has 0 radical (unpaired) electrons. The van der Waals surface area contributed by atoms with Gasteiger partial charge in [-0.25, -0.2) is 4.79 Å². The van der Waals surface area contributed by atoms with Gasteiger partial charge in [0.25, 0.3) is 5.91 Å². The average molecular weight is 529 g/mol. The number of aryl methyl sites for hydroxylation is 1. The second-order valence-corrected chi connectivity index (χ2v) is 9.72. The van der Waals surface area contributed by atoms with Crippen molar-refractivity contribution >= 4 is 23.6 Å². The first-order chi connectivity index (χ1) is 18.9. The Labute approximate surface area is 226 Å². The molecule has 0 bridgehead atoms. The molecule has 11 nitrogen and oxygen atoms in total. The van der Waals surface area contributed by atoms with Crippen LogP contribution in [0.4, 0.5) is 16.4 Å². The molecule has 1 fully saturated rings. The van der Waals surface area contributed by atoms with Gasteiger partial charge in [0.05, 0.1) is 5.69 Å². The fraction of sp³-hybridized carbons (Fsp3) is 0.286. The van der Waals surface area contributed by atoms with Gasteiger partial charge in [-0.05, 0) is 37.2 Å². The molecule has 5 rings (SSSR count). The number of likely N-dealkylation sites (N-methyl/N-ethyl adjacent to an activating group) is 1. The monoisotopic (exact) mass is 528 g/mol. The van der Waals surface area contributed by atoms with Crippen LogP contribution in [0.1, 0.15) is 27.2 Å². The summed E-state index contributed by atoms with van der Waals surface area (Å²) in [6, 6.07) is 18.5. The van der Waals surface area contributed by atoms with E-state index in [0.717, 1.165) is 43.9 Å². The standard InChI is InChI=1S/C28H32N8O3/c1-19-15-26(34-39-19)31-28(38)29-17-20-3-7-22(8-4-20)24-16-25(33-32-24)30-27(37)23-9-5-21(6-10-23)18-36-13-11-35(2)12-14-36/h3-10,15-16H,11-14,17-18H2,1-2H3,(H2,29,31,34,38)(H2,30,32,33,37). The number of nitrogens with one attached hydrogen (secondary N) is 4. The SMILES string of the molecule is Cc1cc(NC(=O)NCc2ccc(-c3cc(NC(=O)c4ccc(CN5CCN(C)CC5)cc4)[nH]n3)cc2)no1. The van der Waals surface area contributed by atoms with E-state index in [-0.39, 0.29) is 11.9 Å². The van der Waals surface area contributed by atoms with E-state index in [9.17, 15) is 9.59 Å². The number of anilines is 2. The summed E-state index contributed by atoms with van der Waals surface area (Å²) >= 11 is 0. The lowest BCUT2D eigenvalue weighted by Crippen LogP contribution is -2.43. The van der Waals surface area contributed by atoms with Crippen molar-refractivity contribution in [1.82, 2.24) is 30.5 Å². The van der Waals surface area contributed by atoms with Gasteiger partial charge in [-0.15, -0.1) is 0 Å². The molecule has 1 aliphatic rings. The number of nitrogens with zero attached hydrogens (tertiary/aromatic N) is 4. The lowest BCUT2D eigenvalue weighted by molar-refractivity contribution is 0.102. The molecular weight excluding hydrogens is 496 g/mol. The van der Waals surface area contributed by atoms with Gasteiger partial charge < -0.3 is 20.1 Å². The minimum absolute atomic E-state index is 0.197. The van der Waals surface area contributed by atoms with E-state index in [4.69, 9.17) is 4.52 Å². The molecule has 2 aromatic carbocycles. The van der Waals surface area contributed by atoms with E-state index in [1.54, 1.807) is 19.1 Å². The highest BCUT2D eigenvalue weighted by molar-refractivity contribution is 6.04. The van der Waals surface area contributed by atoms with Gasteiger partial charge in [0.15, 0.2) is 5.82 Å². The minimum Gasteiger partial charge on any atom is -0.360 e. The molecule has 0 aliphatic carbocycles. The Hall–Kier alpha value is -4.48. The van der Waals surface area contributed by atoms with Gasteiger partial charge in [-0.2, -0.15) is 5.10 Å². The first-order valence-electron chi connectivity index (χ1n) is 12.9. The Morgan fingerprint density at radius 2 is 1.67 bits per heavy atom. The number of aromatic amines is 1. The Balaban J connectivity index is 1.10. The molecule has 0 spiro atoms. The maximum atomic E-state index is 12.8. The first-order valence-corrected chi connectivity index (χ1v) is 12.9. The Bertz CT molecular complexity index is 1400. The number of carbonyl (C=O) groups excluding carboxylic acids is 2. The normalized spacial score (nSPS) is 14.2. The number of hydrogen-bond donors (Lipinski definition) is 4. The quantitative estimate of drug-likeness (QED) is 0.274. The van der Waals surface area contributed by atoms with Crippen molar-refractivity contribution < 1.29 is 14.1 Å². The summed E-state index contributed by atoms with van der Waals surface area (Å²) < 4.78 is 4.93. The van der Waals surface area contributed by atoms with Crippen molar-refractivity contribution in [2.45, 2.75) is 20.0 Å². The molecule has 1 saturated heterocycles. The average Bonchev–Trinajstić information content (AvgIpc) is 3.58. The van der Waals surface area contributed by atoms with E-state index in [2.05, 4.69) is 48.2 Å². The van der Waals surface area contributed by atoms with Crippen LogP contribution in [0.5, 0.6) is 0 Å². The van der Waals surface area contributed by atoms with Gasteiger partial charge in [0, 0.05) is 62.5 Å². The number of hydrogen-bond acceptors (Lipinski definition) is 7. The number of amides is 3. The van der Waals surface area contributed by atoms with Crippen LogP contribution in [0.3, 0.4) is 0 Å². The molecule has 2 aromatic heterocycles. The van der Waals surface area contributed by atoms with Crippen LogP contribution in [-0.2, 0) is 13.1 Å². The fourth-order valence-electron chi connectivity index (χ4n) is 4.32. The molecule has 3 heterocycles. The summed E-state index contributed by atoms with van der Waals surface area (Å²) in [5, 5.41) is 19.2. The number of urea groups is 1. The highest BCUT2D eigenvalue weighted by atomic mass is 16.5. The lowest BCUT2D eigenvalue weighted by atomic mass is 10.1. The number of aromatic nitrogens is 3. The van der Waals surface area contributed by atoms with Crippen LogP contribution >= 0.6 is 0 Å². The molecule has 11 heteroatoms. The molecule has 0 atom stereocenters. The zero-order valence-electron chi connectivity index (χ0n) is 22.0. The van der Waals surface area contributed by atoms with E-state index in [1.807, 2.05) is 48.5 Å². The summed E-state index contributed by atoms with van der Waals surface area (Å²) in [4.78, 5) is 29.6. The molecule has 0 saturated carbocycles. The molecule has 202 valence electrons. The Kier molecular flexibility index (Phi) is 7.99. The van der Waals surface area contributed by atoms with Crippen LogP contribution < -0.4 is 16.0 Å². The maximum Gasteiger partial charge on any atom is 0.320 e. The van der Waals surface area contributed by atoms with Crippen molar-refractivity contribution in [3.05, 3.63) is 83.1 Å². The number of piperazine rings is 1. The van der Waals surface area contributed by atoms with Crippen molar-refractivity contribution in [1.29, 1.82) is 0 Å². The van der Waals surface area contributed by atoms with E-state index >= 15 is 0 Å². The summed E-state index contributed by atoms with van der Waals surface area (Å²) in [6.07, 6.45) is 0. The molecule has 4 N–H and O–H groups in total. The third kappa shape index (κ3) is 7.09. The summed E-state index contributed by atoms with van der Waals surface area (Å²) in [7, 11) is 2.15. The van der Waals surface area contributed by atoms with Crippen molar-refractivity contribution in [3.63, 3.8) is 0 Å². The number of rotatable bonds is 8. The van der Waals surface area contributed by atoms with Crippen LogP contribution in [0, 0.1) is 6.92 Å². The first kappa shape index (κ1) is 26.1. The van der Waals surface area contributed by atoms with Crippen molar-refractivity contribution in [2.24, 2.45) is 0 Å². The third-order valence-electron chi connectivity index (χ3n) is 6.62. The predicted molar refractivity (Wildman–Crippen MR) is 148 cm³/mol. The topological polar surface area (TPSA) is 131 Å². The molecule has 4 aromatic rings. The van der Waals surface area contributed by atoms with Crippen molar-refractivity contribution in [2.75, 3.05) is 43.9 Å². The maximum absolute atomic E-state index is 12.8. The molecular formula is C28H32N8O3. The van der Waals surface area contributed by atoms with Crippen molar-refractivity contribution in [3.8, 4) is 11.3 Å². The van der Waals surface area contributed by atoms with E-state index in [1.165, 1.54) is 5.56 Å². The number of H-pyrrole nitrogens is 1. The third-order valence-corrected chi connectivity index (χ3v) is 6.62. The zero-order valence-corrected chi connectivity index (χ0v) is 22.0. The van der Waals surface area contributed by atoms with Crippen LogP contribution in [-0.4, -0.2) is 70.3 Å². The van der Waals surface area contributed by atoms with Gasteiger partial charge in [0.1, 0.15) is 11.6 Å². The molecule has 1 aliphatic heterocycles. The van der Waals surface area contributed by atoms with Gasteiger partial charge in [0.2, 0.25) is 0 Å². The van der Waals surface area contributed by atoms with Gasteiger partial charge >= 0.3 is 6.03 Å². The number of carbonyl (C=O) groups is 2. The smallest absolute Gasteiger partial charge is 0.320 e. The highest BCUT2D eigenvalue weighted by Gasteiger charge is 2.15. The second-order valence-electron chi connectivity index (χ2n) is 9.72. The molecule has 39 heavy (non-hydrogen) atoms. The summed E-state index contributed by atoms with van der Waals surface area (Å²) in [5.74, 6) is 1.30. The van der Waals surface area contributed by atoms with E-state index < -0.39 is 0 Å². The molecule has 3 amide bonds. The lowest BCUT2D eigenvalue weighted by Gasteiger charge is -2.32. The van der Waals surface area contributed by atoms with E-state index in [0.29, 0.717) is 35.2 Å². The highest BCUT2D eigenvalue weighted by Crippen LogP contribution is 2.21.